The maximum Gasteiger partial charge on any atom is 0.0765 e. The molecule has 0 radical (unpaired) electrons. The number of rotatable bonds is 2. The first-order chi connectivity index (χ1) is 5.25. The predicted octanol–water partition coefficient (Wildman–Crippen LogP) is 1.62. The van der Waals surface area contributed by atoms with Gasteiger partial charge in [0.15, 0.2) is 0 Å². The quantitative estimate of drug-likeness (QED) is 0.739. The van der Waals surface area contributed by atoms with Crippen molar-refractivity contribution in [1.82, 2.24) is 0 Å². The lowest BCUT2D eigenvalue weighted by atomic mass is 10.0. The molecule has 1 aromatic carbocycles. The summed E-state index contributed by atoms with van der Waals surface area (Å²) in [7, 11) is 0. The summed E-state index contributed by atoms with van der Waals surface area (Å²) in [6.07, 6.45) is -0.422. The van der Waals surface area contributed by atoms with Gasteiger partial charge in [0.2, 0.25) is 0 Å². The molecule has 2 nitrogen and oxygen atoms in total. The minimum atomic E-state index is -0.422. The van der Waals surface area contributed by atoms with Crippen LogP contribution in [0.4, 0.5) is 0 Å². The van der Waals surface area contributed by atoms with Crippen LogP contribution in [0.3, 0.4) is 0 Å². The first kappa shape index (κ1) is 11.4. The van der Waals surface area contributed by atoms with Crippen molar-refractivity contribution in [3.8, 4) is 0 Å². The van der Waals surface area contributed by atoms with Gasteiger partial charge in [0.25, 0.3) is 0 Å². The van der Waals surface area contributed by atoms with Gasteiger partial charge in [-0.2, -0.15) is 0 Å². The molecule has 0 aliphatic rings. The van der Waals surface area contributed by atoms with Crippen LogP contribution in [-0.2, 0) is 6.54 Å². The first-order valence-corrected chi connectivity index (χ1v) is 3.71. The highest BCUT2D eigenvalue weighted by Gasteiger charge is 2.03. The normalized spacial score (nSPS) is 11.9. The molecule has 1 aromatic rings. The Labute approximate surface area is 78.8 Å². The van der Waals surface area contributed by atoms with Gasteiger partial charge in [-0.25, -0.2) is 0 Å². The number of nitrogens with two attached hydrogens (primary N) is 1. The van der Waals surface area contributed by atoms with E-state index in [0.717, 1.165) is 11.1 Å². The van der Waals surface area contributed by atoms with Gasteiger partial charge in [0, 0.05) is 6.54 Å². The molecule has 12 heavy (non-hydrogen) atoms. The smallest absolute Gasteiger partial charge is 0.0765 e. The fourth-order valence-corrected chi connectivity index (χ4v) is 1.13. The molecular formula is C9H14ClNO. The fourth-order valence-electron chi connectivity index (χ4n) is 1.13. The molecule has 1 atom stereocenters. The van der Waals surface area contributed by atoms with Crippen molar-refractivity contribution in [3.05, 3.63) is 35.4 Å². The summed E-state index contributed by atoms with van der Waals surface area (Å²) in [6, 6.07) is 7.66. The first-order valence-electron chi connectivity index (χ1n) is 3.71. The second-order valence-electron chi connectivity index (χ2n) is 2.58. The Morgan fingerprint density at radius 1 is 1.42 bits per heavy atom. The third-order valence-corrected chi connectivity index (χ3v) is 1.73. The maximum absolute atomic E-state index is 9.28. The molecule has 3 heteroatoms. The van der Waals surface area contributed by atoms with Gasteiger partial charge in [-0.1, -0.05) is 24.3 Å². The SMILES string of the molecule is CC(O)c1ccccc1CN.Cl. The average Bonchev–Trinajstić information content (AvgIpc) is 2.04. The average molecular weight is 188 g/mol. The van der Waals surface area contributed by atoms with Crippen LogP contribution in [-0.4, -0.2) is 5.11 Å². The van der Waals surface area contributed by atoms with Crippen LogP contribution in [0.5, 0.6) is 0 Å². The summed E-state index contributed by atoms with van der Waals surface area (Å²) in [5.74, 6) is 0. The number of hydrogen-bond acceptors (Lipinski definition) is 2. The molecule has 0 heterocycles. The number of aliphatic hydroxyl groups excluding tert-OH is 1. The Balaban J connectivity index is 0.00000121. The molecule has 1 rings (SSSR count). The largest absolute Gasteiger partial charge is 0.389 e. The minimum absolute atomic E-state index is 0. The Kier molecular flexibility index (Phi) is 4.90. The molecule has 0 spiro atoms. The molecule has 0 saturated carbocycles. The summed E-state index contributed by atoms with van der Waals surface area (Å²) >= 11 is 0. The van der Waals surface area contributed by atoms with Gasteiger partial charge < -0.3 is 10.8 Å². The van der Waals surface area contributed by atoms with Crippen LogP contribution in [0.25, 0.3) is 0 Å². The van der Waals surface area contributed by atoms with Crippen LogP contribution < -0.4 is 5.73 Å². The fraction of sp³-hybridized carbons (Fsp3) is 0.333. The monoisotopic (exact) mass is 187 g/mol. The lowest BCUT2D eigenvalue weighted by molar-refractivity contribution is 0.198. The molecule has 0 aliphatic heterocycles. The third kappa shape index (κ3) is 2.48. The summed E-state index contributed by atoms with van der Waals surface area (Å²) in [4.78, 5) is 0. The van der Waals surface area contributed by atoms with Crippen molar-refractivity contribution in [2.24, 2.45) is 5.73 Å². The number of aliphatic hydroxyl groups is 1. The summed E-state index contributed by atoms with van der Waals surface area (Å²) in [6.45, 7) is 2.23. The van der Waals surface area contributed by atoms with Crippen molar-refractivity contribution in [2.45, 2.75) is 19.6 Å². The van der Waals surface area contributed by atoms with E-state index in [1.165, 1.54) is 0 Å². The molecular weight excluding hydrogens is 174 g/mol. The maximum atomic E-state index is 9.28. The molecule has 0 aromatic heterocycles. The van der Waals surface area contributed by atoms with Gasteiger partial charge >= 0.3 is 0 Å². The zero-order valence-electron chi connectivity index (χ0n) is 7.03. The van der Waals surface area contributed by atoms with E-state index < -0.39 is 6.10 Å². The number of benzene rings is 1. The van der Waals surface area contributed by atoms with Crippen LogP contribution in [0.1, 0.15) is 24.2 Å². The van der Waals surface area contributed by atoms with E-state index in [0.29, 0.717) is 6.54 Å². The molecule has 3 N–H and O–H groups in total. The highest BCUT2D eigenvalue weighted by Crippen LogP contribution is 2.16. The van der Waals surface area contributed by atoms with E-state index in [-0.39, 0.29) is 12.4 Å². The van der Waals surface area contributed by atoms with E-state index in [1.54, 1.807) is 6.92 Å². The van der Waals surface area contributed by atoms with E-state index >= 15 is 0 Å². The van der Waals surface area contributed by atoms with Crippen LogP contribution in [0, 0.1) is 0 Å². The predicted molar refractivity (Wildman–Crippen MR) is 52.2 cm³/mol. The van der Waals surface area contributed by atoms with Crippen molar-refractivity contribution >= 4 is 12.4 Å². The van der Waals surface area contributed by atoms with Gasteiger partial charge in [-0.05, 0) is 18.1 Å². The number of hydrogen-bond donors (Lipinski definition) is 2. The third-order valence-electron chi connectivity index (χ3n) is 1.73. The topological polar surface area (TPSA) is 46.2 Å². The summed E-state index contributed by atoms with van der Waals surface area (Å²) < 4.78 is 0. The zero-order valence-corrected chi connectivity index (χ0v) is 7.84. The molecule has 0 amide bonds. The van der Waals surface area contributed by atoms with Crippen molar-refractivity contribution in [1.29, 1.82) is 0 Å². The molecule has 0 saturated heterocycles. The molecule has 0 bridgehead atoms. The lowest BCUT2D eigenvalue weighted by Crippen LogP contribution is -2.03. The Morgan fingerprint density at radius 3 is 2.42 bits per heavy atom. The van der Waals surface area contributed by atoms with Crippen LogP contribution in [0.2, 0.25) is 0 Å². The lowest BCUT2D eigenvalue weighted by Gasteiger charge is -2.08. The summed E-state index contributed by atoms with van der Waals surface area (Å²) in [5, 5.41) is 9.28. The zero-order chi connectivity index (χ0) is 8.27. The van der Waals surface area contributed by atoms with Crippen molar-refractivity contribution in [2.75, 3.05) is 0 Å². The van der Waals surface area contributed by atoms with Gasteiger partial charge in [-0.15, -0.1) is 12.4 Å². The van der Waals surface area contributed by atoms with Gasteiger partial charge in [0.05, 0.1) is 6.10 Å². The van der Waals surface area contributed by atoms with Crippen LogP contribution in [0.15, 0.2) is 24.3 Å². The van der Waals surface area contributed by atoms with Gasteiger partial charge in [0.1, 0.15) is 0 Å². The van der Waals surface area contributed by atoms with E-state index in [2.05, 4.69) is 0 Å². The van der Waals surface area contributed by atoms with Crippen molar-refractivity contribution in [3.63, 3.8) is 0 Å². The molecule has 0 aliphatic carbocycles. The molecule has 68 valence electrons. The molecule has 1 unspecified atom stereocenters. The van der Waals surface area contributed by atoms with E-state index in [4.69, 9.17) is 5.73 Å². The minimum Gasteiger partial charge on any atom is -0.389 e. The number of halogens is 1. The standard InChI is InChI=1S/C9H13NO.ClH/c1-7(11)9-5-3-2-4-8(9)6-10;/h2-5,7,11H,6,10H2,1H3;1H. The van der Waals surface area contributed by atoms with Gasteiger partial charge in [-0.3, -0.25) is 0 Å². The van der Waals surface area contributed by atoms with Crippen molar-refractivity contribution < 1.29 is 5.11 Å². The highest BCUT2D eigenvalue weighted by molar-refractivity contribution is 5.85. The molecule has 0 fully saturated rings. The van der Waals surface area contributed by atoms with E-state index in [1.807, 2.05) is 24.3 Å². The second-order valence-corrected chi connectivity index (χ2v) is 2.58. The Hall–Kier alpha value is -0.570. The van der Waals surface area contributed by atoms with Crippen LogP contribution >= 0.6 is 12.4 Å². The second kappa shape index (κ2) is 5.14. The van der Waals surface area contributed by atoms with E-state index in [9.17, 15) is 5.11 Å². The Bertz CT molecular complexity index is 238. The highest BCUT2D eigenvalue weighted by atomic mass is 35.5. The Morgan fingerprint density at radius 2 is 2.00 bits per heavy atom. The summed E-state index contributed by atoms with van der Waals surface area (Å²) in [5.41, 5.74) is 7.42.